The number of aromatic nitrogens is 5. The Labute approximate surface area is 276 Å². The van der Waals surface area contributed by atoms with E-state index in [1.165, 1.54) is 16.7 Å². The average molecular weight is 612 g/mol. The highest BCUT2D eigenvalue weighted by Crippen LogP contribution is 2.47. The van der Waals surface area contributed by atoms with Crippen molar-refractivity contribution in [2.24, 2.45) is 0 Å². The van der Waals surface area contributed by atoms with Crippen LogP contribution in [0.2, 0.25) is 0 Å². The quantitative estimate of drug-likeness (QED) is 0.182. The maximum atomic E-state index is 5.35. The van der Waals surface area contributed by atoms with E-state index in [4.69, 9.17) is 24.9 Å². The van der Waals surface area contributed by atoms with Crippen LogP contribution in [0.25, 0.3) is 100 Å². The standard InChI is InChI=1S/C43H25N5/c1-2-12-26(13-3-1)42-44-24-36-32-19-8-9-20-33(32)37-25-45-43(48-41(37)40(36)47-42)38-23-22-35-31-18-7-6-16-29(31)27-14-4-5-15-28(27)30-17-10-11-21-34(30)39(35)46-38/h1-25H. The van der Waals surface area contributed by atoms with Gasteiger partial charge >= 0.3 is 0 Å². The van der Waals surface area contributed by atoms with E-state index in [2.05, 4.69) is 91.0 Å². The van der Waals surface area contributed by atoms with E-state index in [0.717, 1.165) is 66.1 Å². The van der Waals surface area contributed by atoms with Crippen molar-refractivity contribution < 1.29 is 0 Å². The lowest BCUT2D eigenvalue weighted by Crippen LogP contribution is -2.01. The highest BCUT2D eigenvalue weighted by molar-refractivity contribution is 6.23. The Morgan fingerprint density at radius 2 is 0.771 bits per heavy atom. The van der Waals surface area contributed by atoms with Crippen LogP contribution < -0.4 is 0 Å². The van der Waals surface area contributed by atoms with Crippen molar-refractivity contribution in [2.75, 3.05) is 0 Å². The molecule has 0 saturated heterocycles. The molecule has 5 heteroatoms. The predicted octanol–water partition coefficient (Wildman–Crippen LogP) is 10.4. The molecule has 9 aromatic rings. The topological polar surface area (TPSA) is 64.5 Å². The lowest BCUT2D eigenvalue weighted by atomic mass is 9.83. The van der Waals surface area contributed by atoms with Crippen molar-refractivity contribution in [3.05, 3.63) is 152 Å². The minimum absolute atomic E-state index is 0.551. The summed E-state index contributed by atoms with van der Waals surface area (Å²) in [5.41, 5.74) is 12.2. The zero-order valence-corrected chi connectivity index (χ0v) is 25.7. The Morgan fingerprint density at radius 1 is 0.312 bits per heavy atom. The van der Waals surface area contributed by atoms with Gasteiger partial charge < -0.3 is 0 Å². The lowest BCUT2D eigenvalue weighted by molar-refractivity contribution is 1.17. The molecule has 6 aromatic carbocycles. The fourth-order valence-electron chi connectivity index (χ4n) is 7.16. The van der Waals surface area contributed by atoms with Gasteiger partial charge in [0.05, 0.1) is 5.69 Å². The highest BCUT2D eigenvalue weighted by Gasteiger charge is 2.23. The van der Waals surface area contributed by atoms with E-state index < -0.39 is 0 Å². The molecule has 0 bridgehead atoms. The number of hydrogen-bond acceptors (Lipinski definition) is 5. The summed E-state index contributed by atoms with van der Waals surface area (Å²) in [5.74, 6) is 1.21. The molecule has 0 radical (unpaired) electrons. The van der Waals surface area contributed by atoms with Crippen LogP contribution in [0.1, 0.15) is 0 Å². The highest BCUT2D eigenvalue weighted by atomic mass is 14.9. The van der Waals surface area contributed by atoms with E-state index in [1.54, 1.807) is 0 Å². The SMILES string of the molecule is c1ccc(-c2ncc3c4ccccc4c4cnc(-c5ccc6c(n5)-c5ccccc5-c5ccccc5-c5ccccc5-6)nc4c3n2)cc1. The zero-order chi connectivity index (χ0) is 31.6. The Hall–Kier alpha value is -6.59. The Bertz CT molecular complexity index is 2730. The van der Waals surface area contributed by atoms with Crippen LogP contribution in [-0.4, -0.2) is 24.9 Å². The van der Waals surface area contributed by atoms with Crippen LogP contribution in [0, 0.1) is 0 Å². The lowest BCUT2D eigenvalue weighted by Gasteiger charge is -2.22. The van der Waals surface area contributed by atoms with E-state index in [-0.39, 0.29) is 0 Å². The first-order valence-corrected chi connectivity index (χ1v) is 16.0. The Balaban J connectivity index is 1.23. The second kappa shape index (κ2) is 10.5. The van der Waals surface area contributed by atoms with Gasteiger partial charge in [-0.15, -0.1) is 0 Å². The van der Waals surface area contributed by atoms with Gasteiger partial charge in [-0.1, -0.05) is 127 Å². The molecular formula is C43H25N5. The third kappa shape index (κ3) is 4.01. The molecule has 0 amide bonds. The molecule has 0 aliphatic heterocycles. The number of hydrogen-bond donors (Lipinski definition) is 0. The van der Waals surface area contributed by atoms with Gasteiger partial charge in [0.1, 0.15) is 16.7 Å². The Morgan fingerprint density at radius 3 is 1.38 bits per heavy atom. The molecule has 0 saturated carbocycles. The van der Waals surface area contributed by atoms with Gasteiger partial charge in [0.2, 0.25) is 0 Å². The van der Waals surface area contributed by atoms with Crippen molar-refractivity contribution in [2.45, 2.75) is 0 Å². The van der Waals surface area contributed by atoms with Crippen LogP contribution >= 0.6 is 0 Å². The molecular weight excluding hydrogens is 587 g/mol. The summed E-state index contributed by atoms with van der Waals surface area (Å²) < 4.78 is 0. The molecule has 0 N–H and O–H groups in total. The number of fused-ring (bicyclic) bond motifs is 14. The number of benzene rings is 6. The second-order valence-corrected chi connectivity index (χ2v) is 12.1. The van der Waals surface area contributed by atoms with E-state index >= 15 is 0 Å². The Kier molecular flexibility index (Phi) is 5.81. The minimum atomic E-state index is 0.551. The summed E-state index contributed by atoms with van der Waals surface area (Å²) in [6.07, 6.45) is 3.84. The fourth-order valence-corrected chi connectivity index (χ4v) is 7.16. The minimum Gasteiger partial charge on any atom is -0.244 e. The van der Waals surface area contributed by atoms with Crippen molar-refractivity contribution >= 4 is 32.6 Å². The molecule has 3 heterocycles. The normalized spacial score (nSPS) is 11.8. The van der Waals surface area contributed by atoms with Crippen molar-refractivity contribution in [3.8, 4) is 67.5 Å². The largest absolute Gasteiger partial charge is 0.244 e. The molecule has 0 fully saturated rings. The van der Waals surface area contributed by atoms with Crippen molar-refractivity contribution in [3.63, 3.8) is 0 Å². The summed E-state index contributed by atoms with van der Waals surface area (Å²) in [6, 6.07) is 48.3. The fraction of sp³-hybridized carbons (Fsp3) is 0. The smallest absolute Gasteiger partial charge is 0.178 e. The second-order valence-electron chi connectivity index (χ2n) is 12.1. The monoisotopic (exact) mass is 611 g/mol. The van der Waals surface area contributed by atoms with Gasteiger partial charge in [0.25, 0.3) is 0 Å². The van der Waals surface area contributed by atoms with Crippen LogP contribution in [0.5, 0.6) is 0 Å². The summed E-state index contributed by atoms with van der Waals surface area (Å²) in [7, 11) is 0. The maximum absolute atomic E-state index is 5.35. The van der Waals surface area contributed by atoms with Crippen LogP contribution in [0.4, 0.5) is 0 Å². The molecule has 0 spiro atoms. The van der Waals surface area contributed by atoms with Gasteiger partial charge in [0.15, 0.2) is 11.6 Å². The van der Waals surface area contributed by atoms with Gasteiger partial charge in [-0.05, 0) is 50.7 Å². The average Bonchev–Trinajstić information content (AvgIpc) is 3.17. The third-order valence-electron chi connectivity index (χ3n) is 9.37. The molecule has 48 heavy (non-hydrogen) atoms. The first kappa shape index (κ1) is 26.6. The number of nitrogens with zero attached hydrogens (tertiary/aromatic N) is 5. The van der Waals surface area contributed by atoms with Gasteiger partial charge in [0, 0.05) is 39.9 Å². The van der Waals surface area contributed by atoms with Crippen molar-refractivity contribution in [1.82, 2.24) is 24.9 Å². The summed E-state index contributed by atoms with van der Waals surface area (Å²) in [5, 5.41) is 4.04. The van der Waals surface area contributed by atoms with Gasteiger partial charge in [-0.2, -0.15) is 0 Å². The third-order valence-corrected chi connectivity index (χ3v) is 9.37. The first-order valence-electron chi connectivity index (χ1n) is 16.0. The summed E-state index contributed by atoms with van der Waals surface area (Å²) in [4.78, 5) is 25.4. The van der Waals surface area contributed by atoms with Crippen LogP contribution in [0.3, 0.4) is 0 Å². The molecule has 3 aromatic heterocycles. The zero-order valence-electron chi connectivity index (χ0n) is 25.7. The molecule has 10 rings (SSSR count). The van der Waals surface area contributed by atoms with Gasteiger partial charge in [-0.25, -0.2) is 24.9 Å². The molecule has 5 nitrogen and oxygen atoms in total. The predicted molar refractivity (Wildman–Crippen MR) is 194 cm³/mol. The summed E-state index contributed by atoms with van der Waals surface area (Å²) >= 11 is 0. The van der Waals surface area contributed by atoms with Crippen molar-refractivity contribution in [1.29, 1.82) is 0 Å². The maximum Gasteiger partial charge on any atom is 0.178 e. The van der Waals surface area contributed by atoms with Crippen LogP contribution in [-0.2, 0) is 0 Å². The van der Waals surface area contributed by atoms with Crippen LogP contribution in [0.15, 0.2) is 152 Å². The molecule has 0 unspecified atom stereocenters. The van der Waals surface area contributed by atoms with E-state index in [0.29, 0.717) is 17.3 Å². The van der Waals surface area contributed by atoms with Gasteiger partial charge in [-0.3, -0.25) is 0 Å². The number of rotatable bonds is 2. The first-order chi connectivity index (χ1) is 23.8. The van der Waals surface area contributed by atoms with E-state index in [1.807, 2.05) is 60.9 Å². The molecule has 1 aliphatic rings. The molecule has 1 aliphatic carbocycles. The molecule has 222 valence electrons. The molecule has 0 atom stereocenters. The number of pyridine rings is 1. The van der Waals surface area contributed by atoms with E-state index in [9.17, 15) is 0 Å². The summed E-state index contributed by atoms with van der Waals surface area (Å²) in [6.45, 7) is 0.